The van der Waals surface area contributed by atoms with Crippen LogP contribution in [0.4, 0.5) is 10.8 Å². The maximum atomic E-state index is 11.4. The predicted molar refractivity (Wildman–Crippen MR) is 71.9 cm³/mol. The van der Waals surface area contributed by atoms with Gasteiger partial charge in [-0.25, -0.2) is 0 Å². The van der Waals surface area contributed by atoms with E-state index in [4.69, 9.17) is 16.2 Å². The highest BCUT2D eigenvalue weighted by atomic mass is 32.1. The lowest BCUT2D eigenvalue weighted by Crippen LogP contribution is -2.35. The van der Waals surface area contributed by atoms with Gasteiger partial charge in [-0.3, -0.25) is 4.79 Å². The molecule has 2 rings (SSSR count). The Balaban J connectivity index is 2.08. The number of aromatic nitrogens is 1. The summed E-state index contributed by atoms with van der Waals surface area (Å²) in [7, 11) is 1.72. The second-order valence-corrected chi connectivity index (χ2v) is 5.25. The summed E-state index contributed by atoms with van der Waals surface area (Å²) in [6.45, 7) is 2.56. The van der Waals surface area contributed by atoms with Crippen LogP contribution in [0, 0.1) is 5.92 Å². The van der Waals surface area contributed by atoms with Crippen LogP contribution < -0.4 is 16.4 Å². The average molecular weight is 270 g/mol. The summed E-state index contributed by atoms with van der Waals surface area (Å²) in [6.07, 6.45) is 2.09. The van der Waals surface area contributed by atoms with E-state index in [1.54, 1.807) is 7.11 Å². The van der Waals surface area contributed by atoms with E-state index < -0.39 is 5.91 Å². The minimum absolute atomic E-state index is 0.238. The van der Waals surface area contributed by atoms with E-state index in [1.807, 2.05) is 0 Å². The van der Waals surface area contributed by atoms with Crippen molar-refractivity contribution < 1.29 is 9.53 Å². The zero-order valence-electron chi connectivity index (χ0n) is 10.4. The highest BCUT2D eigenvalue weighted by molar-refractivity contribution is 7.11. The number of piperidine rings is 1. The van der Waals surface area contributed by atoms with Crippen LogP contribution >= 0.6 is 11.5 Å². The monoisotopic (exact) mass is 270 g/mol. The SMILES string of the molecule is COCC1CCN(c2snc(N)c2C(N)=O)CC1. The molecule has 1 saturated heterocycles. The molecular formula is C11H18N4O2S. The zero-order chi connectivity index (χ0) is 13.1. The van der Waals surface area contributed by atoms with Crippen molar-refractivity contribution in [3.8, 4) is 0 Å². The number of nitrogen functional groups attached to an aromatic ring is 1. The van der Waals surface area contributed by atoms with E-state index in [0.717, 1.165) is 37.5 Å². The number of primary amides is 1. The Morgan fingerprint density at radius 3 is 2.78 bits per heavy atom. The molecule has 0 spiro atoms. The Morgan fingerprint density at radius 1 is 1.56 bits per heavy atom. The fourth-order valence-electron chi connectivity index (χ4n) is 2.28. The van der Waals surface area contributed by atoms with E-state index in [2.05, 4.69) is 9.27 Å². The predicted octanol–water partition coefficient (Wildman–Crippen LogP) is 0.687. The van der Waals surface area contributed by atoms with Crippen LogP contribution in [-0.4, -0.2) is 37.1 Å². The van der Waals surface area contributed by atoms with Gasteiger partial charge in [0.15, 0.2) is 5.82 Å². The number of hydrogen-bond acceptors (Lipinski definition) is 6. The number of carbonyl (C=O) groups is 1. The summed E-state index contributed by atoms with van der Waals surface area (Å²) in [5.41, 5.74) is 11.4. The lowest BCUT2D eigenvalue weighted by Gasteiger charge is -2.32. The number of carbonyl (C=O) groups excluding carboxylic acids is 1. The summed E-state index contributed by atoms with van der Waals surface area (Å²) >= 11 is 1.24. The van der Waals surface area contributed by atoms with Gasteiger partial charge >= 0.3 is 0 Å². The molecular weight excluding hydrogens is 252 g/mol. The first kappa shape index (κ1) is 13.1. The van der Waals surface area contributed by atoms with Crippen LogP contribution in [-0.2, 0) is 4.74 Å². The number of amides is 1. The molecule has 7 heteroatoms. The zero-order valence-corrected chi connectivity index (χ0v) is 11.2. The van der Waals surface area contributed by atoms with Crippen molar-refractivity contribution in [1.29, 1.82) is 0 Å². The van der Waals surface area contributed by atoms with Crippen molar-refractivity contribution in [2.75, 3.05) is 37.4 Å². The second kappa shape index (κ2) is 5.53. The van der Waals surface area contributed by atoms with E-state index in [1.165, 1.54) is 11.5 Å². The number of ether oxygens (including phenoxy) is 1. The molecule has 0 atom stereocenters. The third-order valence-electron chi connectivity index (χ3n) is 3.25. The number of rotatable bonds is 4. The van der Waals surface area contributed by atoms with Crippen LogP contribution in [0.1, 0.15) is 23.2 Å². The molecule has 1 aliphatic rings. The van der Waals surface area contributed by atoms with E-state index in [0.29, 0.717) is 11.5 Å². The molecule has 0 aliphatic carbocycles. The largest absolute Gasteiger partial charge is 0.384 e. The van der Waals surface area contributed by atoms with E-state index in [9.17, 15) is 4.79 Å². The van der Waals surface area contributed by atoms with Crippen LogP contribution in [0.5, 0.6) is 0 Å². The number of methoxy groups -OCH3 is 1. The highest BCUT2D eigenvalue weighted by Gasteiger charge is 2.25. The number of anilines is 2. The van der Waals surface area contributed by atoms with Crippen LogP contribution in [0.15, 0.2) is 0 Å². The summed E-state index contributed by atoms with van der Waals surface area (Å²) in [6, 6.07) is 0. The molecule has 0 unspecified atom stereocenters. The Labute approximate surface area is 110 Å². The molecule has 0 radical (unpaired) electrons. The van der Waals surface area contributed by atoms with Crippen molar-refractivity contribution in [2.45, 2.75) is 12.8 Å². The maximum absolute atomic E-state index is 11.4. The van der Waals surface area contributed by atoms with Gasteiger partial charge in [0.25, 0.3) is 5.91 Å². The van der Waals surface area contributed by atoms with Gasteiger partial charge in [-0.1, -0.05) is 0 Å². The van der Waals surface area contributed by atoms with Gasteiger partial charge in [-0.05, 0) is 30.3 Å². The first-order valence-electron chi connectivity index (χ1n) is 5.92. The van der Waals surface area contributed by atoms with Crippen molar-refractivity contribution in [1.82, 2.24) is 4.37 Å². The minimum atomic E-state index is -0.504. The van der Waals surface area contributed by atoms with Crippen LogP contribution in [0.2, 0.25) is 0 Å². The summed E-state index contributed by atoms with van der Waals surface area (Å²) < 4.78 is 9.19. The summed E-state index contributed by atoms with van der Waals surface area (Å²) in [4.78, 5) is 13.5. The van der Waals surface area contributed by atoms with Crippen LogP contribution in [0.25, 0.3) is 0 Å². The fraction of sp³-hybridized carbons (Fsp3) is 0.636. The molecule has 0 aromatic carbocycles. The smallest absolute Gasteiger partial charge is 0.255 e. The third kappa shape index (κ3) is 2.56. The van der Waals surface area contributed by atoms with Gasteiger partial charge in [-0.15, -0.1) is 0 Å². The standard InChI is InChI=1S/C11H18N4O2S/c1-17-6-7-2-4-15(5-3-7)11-8(10(13)16)9(12)14-18-11/h7H,2-6H2,1H3,(H2,12,14)(H2,13,16). The molecule has 4 N–H and O–H groups in total. The number of hydrogen-bond donors (Lipinski definition) is 2. The molecule has 100 valence electrons. The highest BCUT2D eigenvalue weighted by Crippen LogP contribution is 2.33. The van der Waals surface area contributed by atoms with Crippen molar-refractivity contribution in [3.63, 3.8) is 0 Å². The van der Waals surface area contributed by atoms with Gasteiger partial charge in [0.1, 0.15) is 10.6 Å². The lowest BCUT2D eigenvalue weighted by atomic mass is 9.98. The first-order chi connectivity index (χ1) is 8.63. The molecule has 2 heterocycles. The Bertz CT molecular complexity index is 427. The number of nitrogens with zero attached hydrogens (tertiary/aromatic N) is 2. The van der Waals surface area contributed by atoms with Crippen molar-refractivity contribution in [2.24, 2.45) is 11.7 Å². The van der Waals surface area contributed by atoms with Gasteiger partial charge in [0.05, 0.1) is 0 Å². The molecule has 6 nitrogen and oxygen atoms in total. The Hall–Kier alpha value is -1.34. The molecule has 1 aromatic rings. The first-order valence-corrected chi connectivity index (χ1v) is 6.69. The summed E-state index contributed by atoms with van der Waals surface area (Å²) in [5, 5.41) is 0.802. The van der Waals surface area contributed by atoms with Gasteiger partial charge < -0.3 is 21.1 Å². The second-order valence-electron chi connectivity index (χ2n) is 4.50. The minimum Gasteiger partial charge on any atom is -0.384 e. The third-order valence-corrected chi connectivity index (χ3v) is 4.17. The lowest BCUT2D eigenvalue weighted by molar-refractivity contribution is 0.100. The fourth-order valence-corrected chi connectivity index (χ4v) is 3.15. The molecule has 1 aliphatic heterocycles. The van der Waals surface area contributed by atoms with Gasteiger partial charge in [-0.2, -0.15) is 4.37 Å². The van der Waals surface area contributed by atoms with Gasteiger partial charge in [0, 0.05) is 26.8 Å². The molecule has 0 saturated carbocycles. The average Bonchev–Trinajstić information content (AvgIpc) is 2.73. The quantitative estimate of drug-likeness (QED) is 0.839. The molecule has 1 aromatic heterocycles. The summed E-state index contributed by atoms with van der Waals surface area (Å²) in [5.74, 6) is 0.324. The van der Waals surface area contributed by atoms with Gasteiger partial charge in [0.2, 0.25) is 0 Å². The van der Waals surface area contributed by atoms with Crippen molar-refractivity contribution in [3.05, 3.63) is 5.56 Å². The normalized spacial score (nSPS) is 17.1. The molecule has 0 bridgehead atoms. The van der Waals surface area contributed by atoms with E-state index >= 15 is 0 Å². The number of nitrogens with two attached hydrogens (primary N) is 2. The van der Waals surface area contributed by atoms with Crippen molar-refractivity contribution >= 4 is 28.3 Å². The topological polar surface area (TPSA) is 94.5 Å². The molecule has 1 fully saturated rings. The van der Waals surface area contributed by atoms with Crippen LogP contribution in [0.3, 0.4) is 0 Å². The molecule has 18 heavy (non-hydrogen) atoms. The Kier molecular flexibility index (Phi) is 4.03. The van der Waals surface area contributed by atoms with E-state index in [-0.39, 0.29) is 5.82 Å². The maximum Gasteiger partial charge on any atom is 0.255 e. The Morgan fingerprint density at radius 2 is 2.22 bits per heavy atom. The molecule has 1 amide bonds.